The van der Waals surface area contributed by atoms with Crippen LogP contribution < -0.4 is 9.84 Å². The van der Waals surface area contributed by atoms with Gasteiger partial charge in [-0.3, -0.25) is 0 Å². The highest BCUT2D eigenvalue weighted by Gasteiger charge is 2.34. The van der Waals surface area contributed by atoms with Crippen LogP contribution in [0.1, 0.15) is 29.0 Å². The van der Waals surface area contributed by atoms with Crippen LogP contribution in [0.2, 0.25) is 0 Å². The Hall–Kier alpha value is -2.74. The number of carboxylic acid groups (broad SMARTS) is 1. The Balaban J connectivity index is 1.79. The second-order valence-corrected chi connectivity index (χ2v) is 6.93. The number of hydrogen-bond acceptors (Lipinski definition) is 4. The van der Waals surface area contributed by atoms with Crippen molar-refractivity contribution in [1.82, 2.24) is 4.90 Å². The summed E-state index contributed by atoms with van der Waals surface area (Å²) in [5, 5.41) is 11.3. The Bertz CT molecular complexity index is 839. The molecular weight excluding hydrogens is 387 g/mol. The van der Waals surface area contributed by atoms with Gasteiger partial charge in [-0.05, 0) is 35.7 Å². The van der Waals surface area contributed by atoms with E-state index in [-0.39, 0.29) is 25.6 Å². The maximum Gasteiger partial charge on any atom is 0.416 e. The number of methoxy groups -OCH3 is 1. The lowest BCUT2D eigenvalue weighted by atomic mass is 9.86. The number of alkyl halides is 3. The highest BCUT2D eigenvalue weighted by atomic mass is 19.4. The molecule has 1 heterocycles. The van der Waals surface area contributed by atoms with Gasteiger partial charge in [0.05, 0.1) is 25.4 Å². The molecule has 0 aliphatic carbocycles. The molecule has 1 aliphatic heterocycles. The summed E-state index contributed by atoms with van der Waals surface area (Å²) < 4.78 is 50.4. The molecule has 156 valence electrons. The number of rotatable bonds is 5. The predicted octanol–water partition coefficient (Wildman–Crippen LogP) is 3.43. The van der Waals surface area contributed by atoms with Gasteiger partial charge in [0.2, 0.25) is 0 Å². The van der Waals surface area contributed by atoms with Gasteiger partial charge in [0.15, 0.2) is 0 Å². The fourth-order valence-corrected chi connectivity index (χ4v) is 3.50. The molecule has 1 saturated heterocycles. The number of carbonyl (C=O) groups excluding carboxylic acids is 1. The van der Waals surface area contributed by atoms with E-state index in [4.69, 9.17) is 9.47 Å². The lowest BCUT2D eigenvalue weighted by molar-refractivity contribution is -0.268. The van der Waals surface area contributed by atoms with Gasteiger partial charge in [0, 0.05) is 19.0 Å². The number of ether oxygens (including phenoxy) is 2. The molecule has 0 spiro atoms. The molecule has 0 saturated carbocycles. The van der Waals surface area contributed by atoms with Crippen LogP contribution in [0.15, 0.2) is 48.5 Å². The fourth-order valence-electron chi connectivity index (χ4n) is 3.50. The van der Waals surface area contributed by atoms with Crippen LogP contribution in [-0.4, -0.2) is 37.3 Å². The third-order valence-corrected chi connectivity index (χ3v) is 5.08. The van der Waals surface area contributed by atoms with E-state index < -0.39 is 23.9 Å². The van der Waals surface area contributed by atoms with Gasteiger partial charge >= 0.3 is 6.18 Å². The summed E-state index contributed by atoms with van der Waals surface area (Å²) in [6, 6.07) is 12.3. The van der Waals surface area contributed by atoms with Crippen LogP contribution >= 0.6 is 0 Å². The van der Waals surface area contributed by atoms with Gasteiger partial charge in [-0.15, -0.1) is 0 Å². The summed E-state index contributed by atoms with van der Waals surface area (Å²) >= 11 is 0. The minimum Gasteiger partial charge on any atom is -0.530 e. The van der Waals surface area contributed by atoms with Crippen molar-refractivity contribution in [1.29, 1.82) is 0 Å². The summed E-state index contributed by atoms with van der Waals surface area (Å²) in [5.74, 6) is 0.336. The second kappa shape index (κ2) is 8.73. The van der Waals surface area contributed by atoms with Gasteiger partial charge in [0.25, 0.3) is 0 Å². The minimum atomic E-state index is -4.44. The molecule has 8 heteroatoms. The standard InChI is InChI=1S/C21H22F3NO4/c1-28-17-7-5-14(6-8-17)13-29-19-12-25(20(26)27)10-9-18(19)15-3-2-4-16(11-15)21(22,23)24/h2-8,11,18-19H,9-10,12-13H2,1H3,(H,26,27)/p-1. The zero-order chi connectivity index (χ0) is 21.0. The average Bonchev–Trinajstić information content (AvgIpc) is 2.72. The van der Waals surface area contributed by atoms with E-state index in [0.29, 0.717) is 17.7 Å². The molecule has 3 rings (SSSR count). The van der Waals surface area contributed by atoms with Gasteiger partial charge in [-0.25, -0.2) is 0 Å². The Kier molecular flexibility index (Phi) is 6.32. The number of amides is 1. The first-order valence-electron chi connectivity index (χ1n) is 9.15. The molecule has 0 N–H and O–H groups in total. The van der Waals surface area contributed by atoms with Crippen molar-refractivity contribution in [2.75, 3.05) is 20.2 Å². The predicted molar refractivity (Wildman–Crippen MR) is 97.3 cm³/mol. The number of hydrogen-bond donors (Lipinski definition) is 0. The van der Waals surface area contributed by atoms with E-state index in [1.165, 1.54) is 6.07 Å². The van der Waals surface area contributed by atoms with Crippen molar-refractivity contribution in [3.8, 4) is 5.75 Å². The van der Waals surface area contributed by atoms with Gasteiger partial charge in [-0.2, -0.15) is 13.2 Å². The monoisotopic (exact) mass is 408 g/mol. The van der Waals surface area contributed by atoms with Crippen LogP contribution in [0.3, 0.4) is 0 Å². The molecule has 1 aliphatic rings. The lowest BCUT2D eigenvalue weighted by Gasteiger charge is -2.40. The first-order chi connectivity index (χ1) is 13.8. The van der Waals surface area contributed by atoms with Crippen LogP contribution in [0.4, 0.5) is 18.0 Å². The number of nitrogens with zero attached hydrogens (tertiary/aromatic N) is 1. The molecule has 5 nitrogen and oxygen atoms in total. The van der Waals surface area contributed by atoms with Gasteiger partial charge in [0.1, 0.15) is 11.8 Å². The van der Waals surface area contributed by atoms with Crippen molar-refractivity contribution in [2.24, 2.45) is 0 Å². The molecule has 2 unspecified atom stereocenters. The molecule has 1 amide bonds. The molecule has 2 aromatic rings. The molecule has 0 aromatic heterocycles. The first kappa shape index (κ1) is 21.0. The highest BCUT2D eigenvalue weighted by molar-refractivity contribution is 5.62. The largest absolute Gasteiger partial charge is 0.530 e. The number of carbonyl (C=O) groups is 1. The molecule has 2 aromatic carbocycles. The van der Waals surface area contributed by atoms with Crippen molar-refractivity contribution < 1.29 is 32.5 Å². The number of piperidine rings is 1. The van der Waals surface area contributed by atoms with Gasteiger partial charge in [-0.1, -0.05) is 30.3 Å². The molecular formula is C21H21F3NO4-. The van der Waals surface area contributed by atoms with Crippen LogP contribution in [0.5, 0.6) is 5.75 Å². The van der Waals surface area contributed by atoms with Crippen molar-refractivity contribution in [3.63, 3.8) is 0 Å². The highest BCUT2D eigenvalue weighted by Crippen LogP contribution is 2.35. The second-order valence-electron chi connectivity index (χ2n) is 6.93. The maximum absolute atomic E-state index is 13.1. The van der Waals surface area contributed by atoms with Crippen LogP contribution in [0, 0.1) is 0 Å². The summed E-state index contributed by atoms with van der Waals surface area (Å²) in [4.78, 5) is 12.4. The quantitative estimate of drug-likeness (QED) is 0.761. The summed E-state index contributed by atoms with van der Waals surface area (Å²) in [5.41, 5.74) is 0.600. The molecule has 2 atom stereocenters. The van der Waals surface area contributed by atoms with E-state index in [2.05, 4.69) is 0 Å². The fraction of sp³-hybridized carbons (Fsp3) is 0.381. The number of benzene rings is 2. The normalized spacial score (nSPS) is 19.8. The Morgan fingerprint density at radius 3 is 2.55 bits per heavy atom. The molecule has 0 bridgehead atoms. The summed E-state index contributed by atoms with van der Waals surface area (Å²) in [6.07, 6.45) is -6.00. The van der Waals surface area contributed by atoms with Crippen LogP contribution in [-0.2, 0) is 17.5 Å². The zero-order valence-electron chi connectivity index (χ0n) is 15.8. The third-order valence-electron chi connectivity index (χ3n) is 5.08. The van der Waals surface area contributed by atoms with E-state index in [1.54, 1.807) is 25.3 Å². The number of halogens is 3. The van der Waals surface area contributed by atoms with E-state index in [1.807, 2.05) is 12.1 Å². The maximum atomic E-state index is 13.1. The number of likely N-dealkylation sites (tertiary alicyclic amines) is 1. The van der Waals surface area contributed by atoms with Crippen molar-refractivity contribution >= 4 is 6.09 Å². The van der Waals surface area contributed by atoms with Gasteiger partial charge < -0.3 is 24.3 Å². The summed E-state index contributed by atoms with van der Waals surface area (Å²) in [7, 11) is 1.56. The Morgan fingerprint density at radius 2 is 1.93 bits per heavy atom. The Labute approximate surface area is 166 Å². The van der Waals surface area contributed by atoms with E-state index in [9.17, 15) is 23.1 Å². The topological polar surface area (TPSA) is 61.8 Å². The molecule has 1 fully saturated rings. The van der Waals surface area contributed by atoms with Crippen LogP contribution in [0.25, 0.3) is 0 Å². The minimum absolute atomic E-state index is 0.0411. The summed E-state index contributed by atoms with van der Waals surface area (Å²) in [6.45, 7) is 0.427. The van der Waals surface area contributed by atoms with E-state index in [0.717, 1.165) is 22.6 Å². The third kappa shape index (κ3) is 5.20. The van der Waals surface area contributed by atoms with Crippen molar-refractivity contribution in [2.45, 2.75) is 31.2 Å². The SMILES string of the molecule is COc1ccc(COC2CN(C(=O)[O-])CCC2c2cccc(C(F)(F)F)c2)cc1. The Morgan fingerprint density at radius 1 is 1.21 bits per heavy atom. The smallest absolute Gasteiger partial charge is 0.416 e. The average molecular weight is 408 g/mol. The zero-order valence-corrected chi connectivity index (χ0v) is 15.8. The first-order valence-corrected chi connectivity index (χ1v) is 9.15. The van der Waals surface area contributed by atoms with Crippen molar-refractivity contribution in [3.05, 3.63) is 65.2 Å². The molecule has 29 heavy (non-hydrogen) atoms. The van der Waals surface area contributed by atoms with E-state index >= 15 is 0 Å². The molecule has 0 radical (unpaired) electrons. The lowest BCUT2D eigenvalue weighted by Crippen LogP contribution is -2.51.